The highest BCUT2D eigenvalue weighted by Gasteiger charge is 2.19. The van der Waals surface area contributed by atoms with Crippen molar-refractivity contribution in [2.45, 2.75) is 46.8 Å². The van der Waals surface area contributed by atoms with E-state index in [-0.39, 0.29) is 11.5 Å². The number of nitrogens with one attached hydrogen (secondary N) is 1. The summed E-state index contributed by atoms with van der Waals surface area (Å²) >= 11 is 1.73. The van der Waals surface area contributed by atoms with E-state index in [1.54, 1.807) is 11.3 Å². The maximum atomic E-state index is 9.37. The molecule has 1 aromatic rings. The Morgan fingerprint density at radius 1 is 1.56 bits per heavy atom. The van der Waals surface area contributed by atoms with E-state index in [9.17, 15) is 5.11 Å². The highest BCUT2D eigenvalue weighted by Crippen LogP contribution is 2.21. The Morgan fingerprint density at radius 3 is 2.75 bits per heavy atom. The number of aliphatic hydroxyl groups excluding tert-OH is 1. The molecule has 0 aliphatic carbocycles. The van der Waals surface area contributed by atoms with Crippen LogP contribution in [0.1, 0.15) is 37.1 Å². The van der Waals surface area contributed by atoms with Crippen molar-refractivity contribution < 1.29 is 5.11 Å². The minimum absolute atomic E-state index is 0.133. The van der Waals surface area contributed by atoms with Gasteiger partial charge >= 0.3 is 0 Å². The molecule has 2 N–H and O–H groups in total. The lowest BCUT2D eigenvalue weighted by molar-refractivity contribution is 0.128. The first-order valence-electron chi connectivity index (χ1n) is 5.69. The van der Waals surface area contributed by atoms with Gasteiger partial charge in [-0.15, -0.1) is 11.3 Å². The zero-order valence-corrected chi connectivity index (χ0v) is 11.4. The van der Waals surface area contributed by atoms with Gasteiger partial charge in [-0.3, -0.25) is 0 Å². The van der Waals surface area contributed by atoms with Crippen LogP contribution in [0.3, 0.4) is 0 Å². The number of hydrogen-bond acceptors (Lipinski definition) is 4. The monoisotopic (exact) mass is 242 g/mol. The van der Waals surface area contributed by atoms with Crippen LogP contribution in [-0.4, -0.2) is 22.7 Å². The molecule has 0 aromatic carbocycles. The van der Waals surface area contributed by atoms with Crippen molar-refractivity contribution in [3.63, 3.8) is 0 Å². The van der Waals surface area contributed by atoms with Gasteiger partial charge in [-0.05, 0) is 25.7 Å². The zero-order valence-electron chi connectivity index (χ0n) is 10.6. The average Bonchev–Trinajstić information content (AvgIpc) is 2.48. The quantitative estimate of drug-likeness (QED) is 0.805. The second-order valence-electron chi connectivity index (χ2n) is 5.17. The highest BCUT2D eigenvalue weighted by molar-refractivity contribution is 7.11. The van der Waals surface area contributed by atoms with Crippen molar-refractivity contribution in [2.24, 2.45) is 5.41 Å². The summed E-state index contributed by atoms with van der Waals surface area (Å²) in [4.78, 5) is 5.49. The molecule has 0 fully saturated rings. The van der Waals surface area contributed by atoms with Gasteiger partial charge in [0.05, 0.1) is 11.1 Å². The van der Waals surface area contributed by atoms with E-state index in [0.717, 1.165) is 24.5 Å². The van der Waals surface area contributed by atoms with Crippen LogP contribution in [0.15, 0.2) is 6.20 Å². The fourth-order valence-electron chi connectivity index (χ4n) is 1.88. The Kier molecular flexibility index (Phi) is 4.89. The molecule has 1 aromatic heterocycles. The third kappa shape index (κ3) is 5.05. The van der Waals surface area contributed by atoms with Crippen LogP contribution in [-0.2, 0) is 6.54 Å². The smallest absolute Gasteiger partial charge is 0.0897 e. The summed E-state index contributed by atoms with van der Waals surface area (Å²) in [6, 6.07) is 0. The largest absolute Gasteiger partial charge is 0.393 e. The molecule has 4 heteroatoms. The Morgan fingerprint density at radius 2 is 2.25 bits per heavy atom. The summed E-state index contributed by atoms with van der Waals surface area (Å²) in [6.45, 7) is 9.98. The van der Waals surface area contributed by atoms with Crippen LogP contribution in [0.5, 0.6) is 0 Å². The van der Waals surface area contributed by atoms with E-state index >= 15 is 0 Å². The van der Waals surface area contributed by atoms with Gasteiger partial charge in [0.25, 0.3) is 0 Å². The SMILES string of the molecule is Cc1ncc(CNCC(C)(C)CC(C)O)s1. The standard InChI is InChI=1S/C12H22N2OS/c1-9(15)5-12(3,4)8-13-6-11-7-14-10(2)16-11/h7,9,13,15H,5-6,8H2,1-4H3. The third-order valence-electron chi connectivity index (χ3n) is 2.42. The van der Waals surface area contributed by atoms with E-state index in [0.29, 0.717) is 0 Å². The van der Waals surface area contributed by atoms with Crippen molar-refractivity contribution in [3.05, 3.63) is 16.1 Å². The number of aryl methyl sites for hydroxylation is 1. The fraction of sp³-hybridized carbons (Fsp3) is 0.750. The molecule has 0 aliphatic heterocycles. The van der Waals surface area contributed by atoms with E-state index in [1.165, 1.54) is 4.88 Å². The molecule has 0 bridgehead atoms. The number of aromatic nitrogens is 1. The second kappa shape index (κ2) is 5.75. The third-order valence-corrected chi connectivity index (χ3v) is 3.33. The molecule has 92 valence electrons. The van der Waals surface area contributed by atoms with Crippen molar-refractivity contribution in [1.82, 2.24) is 10.3 Å². The number of hydrogen-bond donors (Lipinski definition) is 2. The molecule has 1 rings (SSSR count). The van der Waals surface area contributed by atoms with Gasteiger partial charge in [0, 0.05) is 24.2 Å². The Labute approximate surface area is 102 Å². The topological polar surface area (TPSA) is 45.2 Å². The second-order valence-corrected chi connectivity index (χ2v) is 6.49. The molecule has 0 aliphatic rings. The Bertz CT molecular complexity index is 321. The molecule has 1 unspecified atom stereocenters. The number of aliphatic hydroxyl groups is 1. The predicted octanol–water partition coefficient (Wildman–Crippen LogP) is 2.34. The lowest BCUT2D eigenvalue weighted by Crippen LogP contribution is -2.31. The molecule has 0 saturated heterocycles. The fourth-order valence-corrected chi connectivity index (χ4v) is 2.65. The van der Waals surface area contributed by atoms with Gasteiger partial charge in [-0.2, -0.15) is 0 Å². The van der Waals surface area contributed by atoms with E-state index in [2.05, 4.69) is 24.1 Å². The van der Waals surface area contributed by atoms with Gasteiger partial charge in [0.15, 0.2) is 0 Å². The van der Waals surface area contributed by atoms with Crippen molar-refractivity contribution in [2.75, 3.05) is 6.54 Å². The number of rotatable bonds is 6. The van der Waals surface area contributed by atoms with Gasteiger partial charge in [-0.25, -0.2) is 4.98 Å². The van der Waals surface area contributed by atoms with Crippen LogP contribution in [0.25, 0.3) is 0 Å². The van der Waals surface area contributed by atoms with Crippen molar-refractivity contribution >= 4 is 11.3 Å². The number of nitrogens with zero attached hydrogens (tertiary/aromatic N) is 1. The van der Waals surface area contributed by atoms with Crippen molar-refractivity contribution in [3.8, 4) is 0 Å². The summed E-state index contributed by atoms with van der Waals surface area (Å²) in [7, 11) is 0. The maximum absolute atomic E-state index is 9.37. The zero-order chi connectivity index (χ0) is 12.2. The van der Waals surface area contributed by atoms with E-state index in [1.807, 2.05) is 20.0 Å². The van der Waals surface area contributed by atoms with E-state index < -0.39 is 0 Å². The predicted molar refractivity (Wildman–Crippen MR) is 68.6 cm³/mol. The molecular weight excluding hydrogens is 220 g/mol. The van der Waals surface area contributed by atoms with Crippen LogP contribution in [0, 0.1) is 12.3 Å². The first-order valence-corrected chi connectivity index (χ1v) is 6.51. The summed E-state index contributed by atoms with van der Waals surface area (Å²) in [5.41, 5.74) is 0.133. The summed E-state index contributed by atoms with van der Waals surface area (Å²) in [5.74, 6) is 0. The summed E-state index contributed by atoms with van der Waals surface area (Å²) in [5, 5.41) is 13.9. The molecule has 1 atom stereocenters. The van der Waals surface area contributed by atoms with Gasteiger partial charge in [0.2, 0.25) is 0 Å². The summed E-state index contributed by atoms with van der Waals surface area (Å²) < 4.78 is 0. The molecule has 0 spiro atoms. The van der Waals surface area contributed by atoms with Crippen LogP contribution in [0.4, 0.5) is 0 Å². The minimum atomic E-state index is -0.234. The number of thiazole rings is 1. The summed E-state index contributed by atoms with van der Waals surface area (Å²) in [6.07, 6.45) is 2.51. The highest BCUT2D eigenvalue weighted by atomic mass is 32.1. The van der Waals surface area contributed by atoms with Crippen LogP contribution in [0.2, 0.25) is 0 Å². The lowest BCUT2D eigenvalue weighted by atomic mass is 9.87. The Balaban J connectivity index is 2.29. The van der Waals surface area contributed by atoms with E-state index in [4.69, 9.17) is 0 Å². The molecule has 16 heavy (non-hydrogen) atoms. The minimum Gasteiger partial charge on any atom is -0.393 e. The average molecular weight is 242 g/mol. The van der Waals surface area contributed by atoms with Crippen LogP contribution >= 0.6 is 11.3 Å². The maximum Gasteiger partial charge on any atom is 0.0897 e. The molecule has 3 nitrogen and oxygen atoms in total. The molecule has 0 saturated carbocycles. The normalized spacial score (nSPS) is 14.1. The van der Waals surface area contributed by atoms with Gasteiger partial charge in [-0.1, -0.05) is 13.8 Å². The lowest BCUT2D eigenvalue weighted by Gasteiger charge is -2.26. The molecular formula is C12H22N2OS. The van der Waals surface area contributed by atoms with Gasteiger partial charge < -0.3 is 10.4 Å². The molecule has 1 heterocycles. The molecule has 0 radical (unpaired) electrons. The van der Waals surface area contributed by atoms with Gasteiger partial charge in [0.1, 0.15) is 0 Å². The van der Waals surface area contributed by atoms with Crippen molar-refractivity contribution in [1.29, 1.82) is 0 Å². The first-order chi connectivity index (χ1) is 7.39. The van der Waals surface area contributed by atoms with Crippen LogP contribution < -0.4 is 5.32 Å². The first kappa shape index (κ1) is 13.6. The molecule has 0 amide bonds. The Hall–Kier alpha value is -0.450.